The molecule has 0 rings (SSSR count). The quantitative estimate of drug-likeness (QED) is 0.530. The molecule has 1 unspecified atom stereocenters. The third-order valence-electron chi connectivity index (χ3n) is 2.71. The number of likely N-dealkylation sites (N-methyl/N-ethyl adjacent to an activating group) is 1. The smallest absolute Gasteiger partial charge is 0.126 e. The summed E-state index contributed by atoms with van der Waals surface area (Å²) in [6, 6.07) is 0. The van der Waals surface area contributed by atoms with Gasteiger partial charge in [-0.1, -0.05) is 31.1 Å². The Morgan fingerprint density at radius 3 is 2.19 bits per heavy atom. The fraction of sp³-hybridized carbons (Fsp3) is 0.714. The van der Waals surface area contributed by atoms with Crippen molar-refractivity contribution in [3.05, 3.63) is 23.3 Å². The average molecular weight is 225 g/mol. The summed E-state index contributed by atoms with van der Waals surface area (Å²) >= 11 is 0. The van der Waals surface area contributed by atoms with Crippen molar-refractivity contribution < 1.29 is 5.11 Å². The zero-order valence-corrected chi connectivity index (χ0v) is 11.5. The first-order valence-corrected chi connectivity index (χ1v) is 6.24. The molecule has 0 aliphatic heterocycles. The summed E-state index contributed by atoms with van der Waals surface area (Å²) in [7, 11) is 0. The SMILES string of the molecule is CCN(CC)C(O)C=C(C)CCC=C(C)C. The normalized spacial score (nSPS) is 14.1. The van der Waals surface area contributed by atoms with E-state index in [0.717, 1.165) is 25.9 Å². The van der Waals surface area contributed by atoms with Crippen molar-refractivity contribution >= 4 is 0 Å². The standard InChI is InChI=1S/C14H27NO/c1-6-15(7-2)14(16)11-13(5)10-8-9-12(3)4/h9,11,14,16H,6-8,10H2,1-5H3. The van der Waals surface area contributed by atoms with Gasteiger partial charge in [0.25, 0.3) is 0 Å². The molecule has 0 aromatic heterocycles. The van der Waals surface area contributed by atoms with E-state index >= 15 is 0 Å². The van der Waals surface area contributed by atoms with Crippen LogP contribution in [0.1, 0.15) is 47.5 Å². The van der Waals surface area contributed by atoms with Crippen LogP contribution in [0, 0.1) is 0 Å². The molecule has 1 N–H and O–H groups in total. The molecule has 0 aliphatic rings. The van der Waals surface area contributed by atoms with Gasteiger partial charge >= 0.3 is 0 Å². The topological polar surface area (TPSA) is 23.5 Å². The maximum absolute atomic E-state index is 9.92. The van der Waals surface area contributed by atoms with Crippen molar-refractivity contribution in [2.75, 3.05) is 13.1 Å². The molecule has 1 atom stereocenters. The van der Waals surface area contributed by atoms with Gasteiger partial charge in [0.1, 0.15) is 6.23 Å². The maximum Gasteiger partial charge on any atom is 0.126 e. The second kappa shape index (κ2) is 8.54. The number of nitrogens with zero attached hydrogens (tertiary/aromatic N) is 1. The van der Waals surface area contributed by atoms with Gasteiger partial charge in [0, 0.05) is 0 Å². The van der Waals surface area contributed by atoms with Crippen LogP contribution >= 0.6 is 0 Å². The van der Waals surface area contributed by atoms with Crippen LogP contribution in [-0.4, -0.2) is 29.3 Å². The van der Waals surface area contributed by atoms with Crippen LogP contribution in [0.2, 0.25) is 0 Å². The predicted octanol–water partition coefficient (Wildman–Crippen LogP) is 3.34. The van der Waals surface area contributed by atoms with Crippen LogP contribution in [0.15, 0.2) is 23.3 Å². The third-order valence-corrected chi connectivity index (χ3v) is 2.71. The number of rotatable bonds is 7. The van der Waals surface area contributed by atoms with E-state index < -0.39 is 6.23 Å². The van der Waals surface area contributed by atoms with Gasteiger partial charge < -0.3 is 5.11 Å². The van der Waals surface area contributed by atoms with E-state index in [-0.39, 0.29) is 0 Å². The molecule has 16 heavy (non-hydrogen) atoms. The van der Waals surface area contributed by atoms with Crippen molar-refractivity contribution in [1.82, 2.24) is 4.90 Å². The molecule has 0 bridgehead atoms. The molecule has 0 saturated heterocycles. The summed E-state index contributed by atoms with van der Waals surface area (Å²) in [5.41, 5.74) is 2.62. The van der Waals surface area contributed by atoms with Crippen molar-refractivity contribution in [2.45, 2.75) is 53.7 Å². The zero-order chi connectivity index (χ0) is 12.6. The largest absolute Gasteiger partial charge is 0.375 e. The van der Waals surface area contributed by atoms with Crippen molar-refractivity contribution in [1.29, 1.82) is 0 Å². The summed E-state index contributed by atoms with van der Waals surface area (Å²) in [6.45, 7) is 12.2. The van der Waals surface area contributed by atoms with Crippen LogP contribution < -0.4 is 0 Å². The molecular weight excluding hydrogens is 198 g/mol. The van der Waals surface area contributed by atoms with Crippen LogP contribution in [0.4, 0.5) is 0 Å². The van der Waals surface area contributed by atoms with Gasteiger partial charge in [-0.15, -0.1) is 0 Å². The van der Waals surface area contributed by atoms with Gasteiger partial charge in [-0.25, -0.2) is 0 Å². The van der Waals surface area contributed by atoms with E-state index in [9.17, 15) is 5.11 Å². The predicted molar refractivity (Wildman–Crippen MR) is 71.3 cm³/mol. The molecule has 0 fully saturated rings. The van der Waals surface area contributed by atoms with Crippen molar-refractivity contribution in [3.63, 3.8) is 0 Å². The van der Waals surface area contributed by atoms with Gasteiger partial charge in [-0.2, -0.15) is 0 Å². The van der Waals surface area contributed by atoms with Gasteiger partial charge in [0.05, 0.1) is 0 Å². The summed E-state index contributed by atoms with van der Waals surface area (Å²) in [5, 5.41) is 9.92. The Morgan fingerprint density at radius 2 is 1.75 bits per heavy atom. The second-order valence-corrected chi connectivity index (χ2v) is 4.47. The lowest BCUT2D eigenvalue weighted by atomic mass is 10.1. The van der Waals surface area contributed by atoms with Crippen LogP contribution in [0.3, 0.4) is 0 Å². The van der Waals surface area contributed by atoms with Crippen molar-refractivity contribution in [2.24, 2.45) is 0 Å². The molecule has 0 aliphatic carbocycles. The van der Waals surface area contributed by atoms with Gasteiger partial charge in [-0.3, -0.25) is 4.90 Å². The van der Waals surface area contributed by atoms with Gasteiger partial charge in [0.15, 0.2) is 0 Å². The highest BCUT2D eigenvalue weighted by Crippen LogP contribution is 2.09. The number of aliphatic hydroxyl groups excluding tert-OH is 1. The lowest BCUT2D eigenvalue weighted by Crippen LogP contribution is -2.33. The Labute approximate surface area is 101 Å². The minimum Gasteiger partial charge on any atom is -0.375 e. The molecule has 2 nitrogen and oxygen atoms in total. The third kappa shape index (κ3) is 6.81. The number of allylic oxidation sites excluding steroid dienone is 3. The number of aliphatic hydroxyl groups is 1. The first-order valence-electron chi connectivity index (χ1n) is 6.24. The van der Waals surface area contributed by atoms with Gasteiger partial charge in [-0.05, 0) is 52.8 Å². The minimum absolute atomic E-state index is 0.429. The second-order valence-electron chi connectivity index (χ2n) is 4.47. The average Bonchev–Trinajstić information content (AvgIpc) is 2.18. The Bertz CT molecular complexity index is 235. The Balaban J connectivity index is 4.14. The fourth-order valence-electron chi connectivity index (χ4n) is 1.63. The maximum atomic E-state index is 9.92. The van der Waals surface area contributed by atoms with Gasteiger partial charge in [0.2, 0.25) is 0 Å². The first-order chi connectivity index (χ1) is 7.51. The highest BCUT2D eigenvalue weighted by Gasteiger charge is 2.08. The number of hydrogen-bond acceptors (Lipinski definition) is 2. The summed E-state index contributed by atoms with van der Waals surface area (Å²) in [5.74, 6) is 0. The molecule has 0 aromatic rings. The van der Waals surface area contributed by atoms with Crippen LogP contribution in [0.5, 0.6) is 0 Å². The molecule has 0 saturated carbocycles. The van der Waals surface area contributed by atoms with Crippen LogP contribution in [0.25, 0.3) is 0 Å². The van der Waals surface area contributed by atoms with E-state index in [1.54, 1.807) is 0 Å². The monoisotopic (exact) mass is 225 g/mol. The van der Waals surface area contributed by atoms with E-state index in [1.165, 1.54) is 11.1 Å². The molecule has 94 valence electrons. The van der Waals surface area contributed by atoms with Crippen LogP contribution in [-0.2, 0) is 0 Å². The van der Waals surface area contributed by atoms with Crippen molar-refractivity contribution in [3.8, 4) is 0 Å². The minimum atomic E-state index is -0.429. The zero-order valence-electron chi connectivity index (χ0n) is 11.5. The van der Waals surface area contributed by atoms with E-state index in [2.05, 4.69) is 40.7 Å². The Kier molecular flexibility index (Phi) is 8.22. The first kappa shape index (κ1) is 15.4. The van der Waals surface area contributed by atoms with E-state index in [1.807, 2.05) is 11.0 Å². The van der Waals surface area contributed by atoms with E-state index in [0.29, 0.717) is 0 Å². The Hall–Kier alpha value is -0.600. The highest BCUT2D eigenvalue weighted by molar-refractivity contribution is 5.04. The number of hydrogen-bond donors (Lipinski definition) is 1. The Morgan fingerprint density at radius 1 is 1.19 bits per heavy atom. The lowest BCUT2D eigenvalue weighted by Gasteiger charge is -2.22. The summed E-state index contributed by atoms with van der Waals surface area (Å²) < 4.78 is 0. The van der Waals surface area contributed by atoms with E-state index in [4.69, 9.17) is 0 Å². The molecular formula is C14H27NO. The fourth-order valence-corrected chi connectivity index (χ4v) is 1.63. The molecule has 2 heteroatoms. The highest BCUT2D eigenvalue weighted by atomic mass is 16.3. The molecule has 0 aromatic carbocycles. The lowest BCUT2D eigenvalue weighted by molar-refractivity contribution is 0.0494. The molecule has 0 spiro atoms. The summed E-state index contributed by atoms with van der Waals surface area (Å²) in [6.07, 6.45) is 5.87. The molecule has 0 radical (unpaired) electrons. The summed E-state index contributed by atoms with van der Waals surface area (Å²) in [4.78, 5) is 2.03. The molecule has 0 amide bonds. The molecule has 0 heterocycles.